The molecule has 2 aromatic rings. The molecule has 0 N–H and O–H groups in total. The van der Waals surface area contributed by atoms with E-state index in [1.807, 2.05) is 13.0 Å². The summed E-state index contributed by atoms with van der Waals surface area (Å²) in [6, 6.07) is 7.63. The number of nitrogens with zero attached hydrogens (tertiary/aromatic N) is 2. The summed E-state index contributed by atoms with van der Waals surface area (Å²) in [6.45, 7) is 2.15. The van der Waals surface area contributed by atoms with Gasteiger partial charge < -0.3 is 9.32 Å². The molecule has 2 rings (SSSR count). The lowest BCUT2D eigenvalue weighted by Crippen LogP contribution is -2.17. The molecule has 0 atom stereocenters. The third kappa shape index (κ3) is 2.73. The Morgan fingerprint density at radius 2 is 2.11 bits per heavy atom. The van der Waals surface area contributed by atoms with Crippen molar-refractivity contribution in [2.24, 2.45) is 0 Å². The highest BCUT2D eigenvalue weighted by Crippen LogP contribution is 2.30. The van der Waals surface area contributed by atoms with Crippen molar-refractivity contribution in [3.8, 4) is 0 Å². The van der Waals surface area contributed by atoms with Crippen molar-refractivity contribution < 1.29 is 13.7 Å². The maximum Gasteiger partial charge on any atom is 0.327 e. The molecular formula is C13H13FN2O3. The average Bonchev–Trinajstić information content (AvgIpc) is 2.73. The second-order valence-electron chi connectivity index (χ2n) is 4.23. The van der Waals surface area contributed by atoms with Crippen LogP contribution in [0.15, 0.2) is 34.7 Å². The van der Waals surface area contributed by atoms with Gasteiger partial charge in [0.2, 0.25) is 5.82 Å². The molecule has 0 fully saturated rings. The van der Waals surface area contributed by atoms with Gasteiger partial charge in [-0.2, -0.15) is 4.39 Å². The predicted octanol–water partition coefficient (Wildman–Crippen LogP) is 3.27. The Hall–Kier alpha value is -2.37. The number of furan rings is 1. The zero-order chi connectivity index (χ0) is 14.0. The van der Waals surface area contributed by atoms with Crippen LogP contribution in [0.1, 0.15) is 11.5 Å². The summed E-state index contributed by atoms with van der Waals surface area (Å²) in [5.74, 6) is 0.584. The predicted molar refractivity (Wildman–Crippen MR) is 68.6 cm³/mol. The standard InChI is InChI=1S/C13H13FN2O3/c1-9-6-7-10(19-9)8-15(2)12-5-3-4-11(14)13(12)16(17)18/h3-7H,8H2,1-2H3. The molecule has 0 aliphatic carbocycles. The quantitative estimate of drug-likeness (QED) is 0.628. The van der Waals surface area contributed by atoms with E-state index in [0.29, 0.717) is 12.3 Å². The Balaban J connectivity index is 2.31. The van der Waals surface area contributed by atoms with Crippen molar-refractivity contribution in [1.29, 1.82) is 0 Å². The molecule has 0 bridgehead atoms. The molecule has 0 aliphatic rings. The molecular weight excluding hydrogens is 251 g/mol. The minimum Gasteiger partial charge on any atom is -0.464 e. The van der Waals surface area contributed by atoms with Crippen LogP contribution in [0.4, 0.5) is 15.8 Å². The van der Waals surface area contributed by atoms with Crippen molar-refractivity contribution in [3.63, 3.8) is 0 Å². The van der Waals surface area contributed by atoms with Crippen LogP contribution in [0, 0.1) is 22.9 Å². The summed E-state index contributed by atoms with van der Waals surface area (Å²) < 4.78 is 18.9. The smallest absolute Gasteiger partial charge is 0.327 e. The Kier molecular flexibility index (Phi) is 3.50. The van der Waals surface area contributed by atoms with Gasteiger partial charge in [0.1, 0.15) is 17.2 Å². The summed E-state index contributed by atoms with van der Waals surface area (Å²) in [5, 5.41) is 10.9. The largest absolute Gasteiger partial charge is 0.464 e. The fourth-order valence-corrected chi connectivity index (χ4v) is 1.88. The number of benzene rings is 1. The van der Waals surface area contributed by atoms with Gasteiger partial charge in [-0.15, -0.1) is 0 Å². The zero-order valence-corrected chi connectivity index (χ0v) is 10.6. The maximum absolute atomic E-state index is 13.5. The Bertz CT molecular complexity index is 610. The topological polar surface area (TPSA) is 59.5 Å². The number of hydrogen-bond acceptors (Lipinski definition) is 4. The molecule has 0 radical (unpaired) electrons. The summed E-state index contributed by atoms with van der Waals surface area (Å²) in [5.41, 5.74) is -0.299. The normalized spacial score (nSPS) is 10.5. The molecule has 1 aromatic heterocycles. The minimum atomic E-state index is -0.843. The molecule has 0 unspecified atom stereocenters. The summed E-state index contributed by atoms with van der Waals surface area (Å²) in [7, 11) is 1.65. The first-order valence-corrected chi connectivity index (χ1v) is 5.68. The first kappa shape index (κ1) is 13.1. The Morgan fingerprint density at radius 3 is 2.68 bits per heavy atom. The van der Waals surface area contributed by atoms with Crippen LogP contribution in [-0.2, 0) is 6.54 Å². The van der Waals surface area contributed by atoms with Gasteiger partial charge in [0, 0.05) is 7.05 Å². The van der Waals surface area contributed by atoms with E-state index in [-0.39, 0.29) is 5.69 Å². The molecule has 0 aliphatic heterocycles. The van der Waals surface area contributed by atoms with Gasteiger partial charge in [0.15, 0.2) is 0 Å². The van der Waals surface area contributed by atoms with Gasteiger partial charge in [0.05, 0.1) is 11.5 Å². The molecule has 0 spiro atoms. The van der Waals surface area contributed by atoms with Crippen LogP contribution >= 0.6 is 0 Å². The highest BCUT2D eigenvalue weighted by atomic mass is 19.1. The van der Waals surface area contributed by atoms with Gasteiger partial charge in [-0.1, -0.05) is 6.07 Å². The average molecular weight is 264 g/mol. The molecule has 6 heteroatoms. The van der Waals surface area contributed by atoms with Gasteiger partial charge in [-0.25, -0.2) is 0 Å². The first-order chi connectivity index (χ1) is 8.99. The Labute approximate surface area is 109 Å². The number of anilines is 1. The van der Waals surface area contributed by atoms with E-state index < -0.39 is 16.4 Å². The third-order valence-electron chi connectivity index (χ3n) is 2.75. The molecule has 100 valence electrons. The number of nitro groups is 1. The Morgan fingerprint density at radius 1 is 1.37 bits per heavy atom. The molecule has 1 heterocycles. The fourth-order valence-electron chi connectivity index (χ4n) is 1.88. The lowest BCUT2D eigenvalue weighted by Gasteiger charge is -2.17. The molecule has 19 heavy (non-hydrogen) atoms. The van der Waals surface area contributed by atoms with Crippen LogP contribution in [0.2, 0.25) is 0 Å². The van der Waals surface area contributed by atoms with Gasteiger partial charge in [-0.3, -0.25) is 10.1 Å². The molecule has 0 saturated heterocycles. The number of aryl methyl sites for hydroxylation is 1. The highest BCUT2D eigenvalue weighted by molar-refractivity contribution is 5.63. The van der Waals surface area contributed by atoms with Gasteiger partial charge >= 0.3 is 5.69 Å². The van der Waals surface area contributed by atoms with Crippen molar-refractivity contribution >= 4 is 11.4 Å². The number of nitro benzene ring substituents is 1. The molecule has 0 saturated carbocycles. The van der Waals surface area contributed by atoms with Crippen LogP contribution in [0.3, 0.4) is 0 Å². The van der Waals surface area contributed by atoms with E-state index in [2.05, 4.69) is 0 Å². The minimum absolute atomic E-state index is 0.221. The number of para-hydroxylation sites is 1. The van der Waals surface area contributed by atoms with Crippen molar-refractivity contribution in [2.75, 3.05) is 11.9 Å². The van der Waals surface area contributed by atoms with Crippen molar-refractivity contribution in [3.05, 3.63) is 57.8 Å². The fraction of sp³-hybridized carbons (Fsp3) is 0.231. The van der Waals surface area contributed by atoms with E-state index in [9.17, 15) is 14.5 Å². The summed E-state index contributed by atoms with van der Waals surface area (Å²) >= 11 is 0. The monoisotopic (exact) mass is 264 g/mol. The molecule has 0 amide bonds. The SMILES string of the molecule is Cc1ccc(CN(C)c2cccc(F)c2[N+](=O)[O-])o1. The summed E-state index contributed by atoms with van der Waals surface area (Å²) in [4.78, 5) is 11.8. The number of halogens is 1. The van der Waals surface area contributed by atoms with E-state index in [1.165, 1.54) is 12.1 Å². The molecule has 1 aromatic carbocycles. The van der Waals surface area contributed by atoms with Crippen LogP contribution in [0.5, 0.6) is 0 Å². The molecule has 5 nitrogen and oxygen atoms in total. The van der Waals surface area contributed by atoms with Crippen LogP contribution in [-0.4, -0.2) is 12.0 Å². The third-order valence-corrected chi connectivity index (χ3v) is 2.75. The maximum atomic E-state index is 13.5. The van der Waals surface area contributed by atoms with Crippen molar-refractivity contribution in [1.82, 2.24) is 0 Å². The van der Waals surface area contributed by atoms with Crippen LogP contribution < -0.4 is 4.90 Å². The number of hydrogen-bond donors (Lipinski definition) is 0. The highest BCUT2D eigenvalue weighted by Gasteiger charge is 2.22. The second kappa shape index (κ2) is 5.09. The lowest BCUT2D eigenvalue weighted by atomic mass is 10.2. The number of rotatable bonds is 4. The van der Waals surface area contributed by atoms with Gasteiger partial charge in [0.25, 0.3) is 0 Å². The van der Waals surface area contributed by atoms with Gasteiger partial charge in [-0.05, 0) is 31.2 Å². The first-order valence-electron chi connectivity index (χ1n) is 5.68. The zero-order valence-electron chi connectivity index (χ0n) is 10.6. The lowest BCUT2D eigenvalue weighted by molar-refractivity contribution is -0.386. The summed E-state index contributed by atoms with van der Waals surface area (Å²) in [6.07, 6.45) is 0. The van der Waals surface area contributed by atoms with E-state index >= 15 is 0 Å². The van der Waals surface area contributed by atoms with E-state index in [4.69, 9.17) is 4.42 Å². The van der Waals surface area contributed by atoms with Crippen molar-refractivity contribution in [2.45, 2.75) is 13.5 Å². The second-order valence-corrected chi connectivity index (χ2v) is 4.23. The van der Waals surface area contributed by atoms with E-state index in [0.717, 1.165) is 11.8 Å². The van der Waals surface area contributed by atoms with E-state index in [1.54, 1.807) is 18.0 Å². The van der Waals surface area contributed by atoms with Crippen LogP contribution in [0.25, 0.3) is 0 Å².